The summed E-state index contributed by atoms with van der Waals surface area (Å²) in [6.07, 6.45) is -4.70. The Morgan fingerprint density at radius 2 is 0.839 bits per heavy atom. The molecule has 0 heterocycles. The molecular weight excluding hydrogens is 733 g/mol. The number of hydrogen-bond donors (Lipinski definition) is 0. The fourth-order valence-electron chi connectivity index (χ4n) is 5.84. The molecule has 0 aliphatic heterocycles. The predicted octanol–water partition coefficient (Wildman–Crippen LogP) is 7.84. The number of esters is 3. The molecule has 10 nitrogen and oxygen atoms in total. The quantitative estimate of drug-likeness (QED) is 0.0440. The number of ether oxygens (including phenoxy) is 3. The molecule has 0 aliphatic rings. The number of rotatable bonds is 15. The van der Waals surface area contributed by atoms with E-state index in [9.17, 15) is 27.6 Å². The van der Waals surface area contributed by atoms with Crippen molar-refractivity contribution in [1.82, 2.24) is 0 Å². The van der Waals surface area contributed by atoms with Crippen LogP contribution in [0.4, 0.5) is 0 Å². The summed E-state index contributed by atoms with van der Waals surface area (Å²) in [5.41, 5.74) is 5.42. The van der Waals surface area contributed by atoms with Gasteiger partial charge in [0.25, 0.3) is 10.1 Å². The van der Waals surface area contributed by atoms with Gasteiger partial charge in [-0.15, -0.1) is 0 Å². The van der Waals surface area contributed by atoms with Crippen LogP contribution in [0.3, 0.4) is 0 Å². The van der Waals surface area contributed by atoms with Crippen LogP contribution >= 0.6 is 0 Å². The molecule has 0 spiro atoms. The Balaban J connectivity index is 1.26. The minimum Gasteiger partial charge on any atom is -0.459 e. The maximum absolute atomic E-state index is 13.6. The molecule has 0 aromatic heterocycles. The van der Waals surface area contributed by atoms with Gasteiger partial charge in [0.05, 0.1) is 22.9 Å². The number of aldehydes is 1. The molecule has 11 heteroatoms. The van der Waals surface area contributed by atoms with Crippen molar-refractivity contribution in [3.05, 3.63) is 180 Å². The molecule has 6 aromatic rings. The Morgan fingerprint density at radius 1 is 0.500 bits per heavy atom. The zero-order valence-corrected chi connectivity index (χ0v) is 30.9. The Morgan fingerprint density at radius 3 is 1.20 bits per heavy atom. The lowest BCUT2D eigenvalue weighted by atomic mass is 10.0. The minimum absolute atomic E-state index is 0.0377. The number of hydrogen-bond acceptors (Lipinski definition) is 10. The highest BCUT2D eigenvalue weighted by Crippen LogP contribution is 2.24. The summed E-state index contributed by atoms with van der Waals surface area (Å²) in [6, 6.07) is 47.6. The summed E-state index contributed by atoms with van der Waals surface area (Å²) >= 11 is 0. The first kappa shape index (κ1) is 39.0. The van der Waals surface area contributed by atoms with E-state index < -0.39 is 52.9 Å². The van der Waals surface area contributed by atoms with Gasteiger partial charge >= 0.3 is 17.9 Å². The normalized spacial score (nSPS) is 12.7. The Bertz CT molecular complexity index is 2360. The van der Waals surface area contributed by atoms with E-state index >= 15 is 0 Å². The van der Waals surface area contributed by atoms with E-state index in [4.69, 9.17) is 18.4 Å². The van der Waals surface area contributed by atoms with Crippen LogP contribution in [-0.2, 0) is 33.3 Å². The SMILES string of the molecule is CS(=O)(=O)OC(COC(=O)c1ccc(-c2ccccc2)cc1)C(OC(=O)c1ccc(-c2ccccc2)cc1)C(C=O)OC(=O)c1ccc(-c2ccccc2)cc1. The average Bonchev–Trinajstić information content (AvgIpc) is 3.24. The lowest BCUT2D eigenvalue weighted by Crippen LogP contribution is -2.48. The van der Waals surface area contributed by atoms with Crippen molar-refractivity contribution in [1.29, 1.82) is 0 Å². The van der Waals surface area contributed by atoms with Crippen LogP contribution in [-0.4, -0.2) is 63.8 Å². The van der Waals surface area contributed by atoms with Crippen LogP contribution in [0, 0.1) is 0 Å². The zero-order valence-electron chi connectivity index (χ0n) is 30.1. The highest BCUT2D eigenvalue weighted by molar-refractivity contribution is 7.86. The van der Waals surface area contributed by atoms with Gasteiger partial charge in [0.2, 0.25) is 0 Å². The van der Waals surface area contributed by atoms with Crippen molar-refractivity contribution in [2.75, 3.05) is 12.9 Å². The monoisotopic (exact) mass is 768 g/mol. The van der Waals surface area contributed by atoms with Crippen molar-refractivity contribution in [3.8, 4) is 33.4 Å². The van der Waals surface area contributed by atoms with Gasteiger partial charge in [0.15, 0.2) is 24.6 Å². The van der Waals surface area contributed by atoms with Gasteiger partial charge in [-0.25, -0.2) is 14.4 Å². The molecule has 282 valence electrons. The molecule has 3 atom stereocenters. The third kappa shape index (κ3) is 10.3. The van der Waals surface area contributed by atoms with E-state index in [1.807, 2.05) is 91.0 Å². The summed E-state index contributed by atoms with van der Waals surface area (Å²) in [6.45, 7) is -0.815. The molecule has 0 radical (unpaired) electrons. The van der Waals surface area contributed by atoms with Crippen LogP contribution in [0.25, 0.3) is 33.4 Å². The molecule has 0 bridgehead atoms. The second kappa shape index (κ2) is 18.1. The van der Waals surface area contributed by atoms with Crippen molar-refractivity contribution >= 4 is 34.3 Å². The Kier molecular flexibility index (Phi) is 12.6. The standard InChI is InChI=1S/C45H36O10S/c1-56(50,51)55-41(30-52-43(47)37-23-17-34(18-24-37)31-11-5-2-6-12-31)42(54-45(49)39-27-21-36(22-28-39)33-15-9-4-10-16-33)40(29-46)53-44(48)38-25-19-35(20-26-38)32-13-7-3-8-14-32/h2-29,40-42H,30H2,1H3. The average molecular weight is 769 g/mol. The van der Waals surface area contributed by atoms with Crippen LogP contribution < -0.4 is 0 Å². The maximum atomic E-state index is 13.6. The van der Waals surface area contributed by atoms with Gasteiger partial charge in [-0.1, -0.05) is 127 Å². The highest BCUT2D eigenvalue weighted by Gasteiger charge is 2.40. The van der Waals surface area contributed by atoms with Crippen molar-refractivity contribution in [2.24, 2.45) is 0 Å². The van der Waals surface area contributed by atoms with Crippen molar-refractivity contribution in [2.45, 2.75) is 18.3 Å². The summed E-state index contributed by atoms with van der Waals surface area (Å²) in [4.78, 5) is 52.9. The van der Waals surface area contributed by atoms with Gasteiger partial charge in [0.1, 0.15) is 6.61 Å². The second-order valence-corrected chi connectivity index (χ2v) is 14.2. The minimum atomic E-state index is -4.35. The van der Waals surface area contributed by atoms with Gasteiger partial charge in [0, 0.05) is 0 Å². The largest absolute Gasteiger partial charge is 0.459 e. The molecule has 0 saturated heterocycles. The lowest BCUT2D eigenvalue weighted by Gasteiger charge is -2.29. The van der Waals surface area contributed by atoms with Crippen molar-refractivity contribution in [3.63, 3.8) is 0 Å². The third-order valence-electron chi connectivity index (χ3n) is 8.67. The molecule has 0 saturated carbocycles. The van der Waals surface area contributed by atoms with E-state index in [1.54, 1.807) is 36.4 Å². The smallest absolute Gasteiger partial charge is 0.338 e. The molecule has 0 fully saturated rings. The van der Waals surface area contributed by atoms with Gasteiger partial charge in [-0.2, -0.15) is 8.42 Å². The van der Waals surface area contributed by atoms with Crippen LogP contribution in [0.15, 0.2) is 164 Å². The number of carbonyl (C=O) groups excluding carboxylic acids is 4. The van der Waals surface area contributed by atoms with Crippen LogP contribution in [0.2, 0.25) is 0 Å². The van der Waals surface area contributed by atoms with Gasteiger partial charge < -0.3 is 14.2 Å². The summed E-state index contributed by atoms with van der Waals surface area (Å²) in [5.74, 6) is -2.82. The van der Waals surface area contributed by atoms with E-state index in [2.05, 4.69) is 0 Å². The molecule has 0 amide bonds. The van der Waals surface area contributed by atoms with Crippen LogP contribution in [0.5, 0.6) is 0 Å². The summed E-state index contributed by atoms with van der Waals surface area (Å²) in [5, 5.41) is 0. The first-order valence-electron chi connectivity index (χ1n) is 17.5. The second-order valence-electron chi connectivity index (χ2n) is 12.6. The molecule has 3 unspecified atom stereocenters. The van der Waals surface area contributed by atoms with E-state index in [0.717, 1.165) is 39.6 Å². The van der Waals surface area contributed by atoms with E-state index in [0.29, 0.717) is 0 Å². The Labute approximate surface area is 324 Å². The molecule has 6 rings (SSSR count). The maximum Gasteiger partial charge on any atom is 0.338 e. The predicted molar refractivity (Wildman–Crippen MR) is 210 cm³/mol. The first-order chi connectivity index (χ1) is 27.1. The zero-order chi connectivity index (χ0) is 39.5. The van der Waals surface area contributed by atoms with Gasteiger partial charge in [-0.3, -0.25) is 8.98 Å². The third-order valence-corrected chi connectivity index (χ3v) is 9.27. The molecular formula is C45H36O10S. The molecule has 56 heavy (non-hydrogen) atoms. The van der Waals surface area contributed by atoms with E-state index in [-0.39, 0.29) is 23.0 Å². The topological polar surface area (TPSA) is 139 Å². The summed E-state index contributed by atoms with van der Waals surface area (Å²) < 4.78 is 47.2. The molecule has 0 N–H and O–H groups in total. The first-order valence-corrected chi connectivity index (χ1v) is 19.3. The number of benzene rings is 6. The fraction of sp³-hybridized carbons (Fsp3) is 0.111. The van der Waals surface area contributed by atoms with Crippen molar-refractivity contribution < 1.29 is 46.0 Å². The highest BCUT2D eigenvalue weighted by atomic mass is 32.2. The summed E-state index contributed by atoms with van der Waals surface area (Å²) in [7, 11) is -4.35. The molecule has 0 aliphatic carbocycles. The van der Waals surface area contributed by atoms with Crippen LogP contribution in [0.1, 0.15) is 31.1 Å². The number of carbonyl (C=O) groups is 4. The fourth-order valence-corrected chi connectivity index (χ4v) is 6.46. The Hall–Kier alpha value is -6.69. The lowest BCUT2D eigenvalue weighted by molar-refractivity contribution is -0.128. The molecule has 6 aromatic carbocycles. The van der Waals surface area contributed by atoms with E-state index in [1.165, 1.54) is 36.4 Å². The van der Waals surface area contributed by atoms with Gasteiger partial charge in [-0.05, 0) is 69.8 Å².